The molecule has 24 heavy (non-hydrogen) atoms. The molecule has 4 aromatic rings. The van der Waals surface area contributed by atoms with Gasteiger partial charge in [0.05, 0.1) is 0 Å². The van der Waals surface area contributed by atoms with Crippen molar-refractivity contribution in [3.63, 3.8) is 0 Å². The zero-order valence-electron chi connectivity index (χ0n) is 13.8. The lowest BCUT2D eigenvalue weighted by Crippen LogP contribution is -1.76. The highest BCUT2D eigenvalue weighted by Gasteiger charge is 1.97. The summed E-state index contributed by atoms with van der Waals surface area (Å²) >= 11 is 0. The van der Waals surface area contributed by atoms with Crippen LogP contribution in [0.1, 0.15) is 11.1 Å². The Morgan fingerprint density at radius 1 is 0.625 bits per heavy atom. The summed E-state index contributed by atoms with van der Waals surface area (Å²) in [5.74, 6) is 0.681. The number of benzene rings is 4. The average molecular weight is 316 g/mol. The molecule has 0 aliphatic carbocycles. The fraction of sp³-hybridized carbons (Fsp3) is 0.0909. The zero-order chi connectivity index (χ0) is 17.1. The van der Waals surface area contributed by atoms with E-state index in [0.29, 0.717) is 11.5 Å². The number of fused-ring (bicyclic) bond motifs is 2. The van der Waals surface area contributed by atoms with Crippen LogP contribution < -0.4 is 0 Å². The molecule has 0 saturated heterocycles. The highest BCUT2D eigenvalue weighted by Crippen LogP contribution is 2.24. The Morgan fingerprint density at radius 3 is 2.08 bits per heavy atom. The van der Waals surface area contributed by atoms with Crippen molar-refractivity contribution >= 4 is 21.5 Å². The van der Waals surface area contributed by atoms with E-state index in [2.05, 4.69) is 19.1 Å². The van der Waals surface area contributed by atoms with Crippen molar-refractivity contribution in [3.05, 3.63) is 83.9 Å². The largest absolute Gasteiger partial charge is 0.508 e. The van der Waals surface area contributed by atoms with Crippen LogP contribution in [0.2, 0.25) is 0 Å². The average Bonchev–Trinajstić information content (AvgIpc) is 2.55. The third-order valence-electron chi connectivity index (χ3n) is 4.09. The van der Waals surface area contributed by atoms with Gasteiger partial charge in [0, 0.05) is 5.39 Å². The summed E-state index contributed by atoms with van der Waals surface area (Å²) in [7, 11) is 0. The van der Waals surface area contributed by atoms with E-state index < -0.39 is 0 Å². The van der Waals surface area contributed by atoms with Crippen LogP contribution in [0.3, 0.4) is 0 Å². The van der Waals surface area contributed by atoms with Gasteiger partial charge in [0.2, 0.25) is 0 Å². The summed E-state index contributed by atoms with van der Waals surface area (Å²) < 4.78 is 0. The molecular weight excluding hydrogens is 296 g/mol. The van der Waals surface area contributed by atoms with E-state index in [9.17, 15) is 10.2 Å². The van der Waals surface area contributed by atoms with Crippen LogP contribution in [0.5, 0.6) is 11.5 Å². The maximum Gasteiger partial charge on any atom is 0.123 e. The maximum absolute atomic E-state index is 9.46. The second-order valence-corrected chi connectivity index (χ2v) is 5.98. The van der Waals surface area contributed by atoms with Gasteiger partial charge in [-0.05, 0) is 53.8 Å². The lowest BCUT2D eigenvalue weighted by molar-refractivity contribution is 0.476. The molecule has 0 aliphatic rings. The minimum Gasteiger partial charge on any atom is -0.508 e. The second kappa shape index (κ2) is 6.63. The van der Waals surface area contributed by atoms with E-state index in [-0.39, 0.29) is 0 Å². The van der Waals surface area contributed by atoms with Gasteiger partial charge >= 0.3 is 0 Å². The van der Waals surface area contributed by atoms with E-state index in [1.54, 1.807) is 18.2 Å². The van der Waals surface area contributed by atoms with Crippen LogP contribution >= 0.6 is 0 Å². The fourth-order valence-corrected chi connectivity index (χ4v) is 2.82. The smallest absolute Gasteiger partial charge is 0.123 e. The summed E-state index contributed by atoms with van der Waals surface area (Å²) in [5, 5.41) is 23.0. The molecule has 0 amide bonds. The first-order valence-corrected chi connectivity index (χ1v) is 7.91. The van der Waals surface area contributed by atoms with Gasteiger partial charge in [0.15, 0.2) is 0 Å². The highest BCUT2D eigenvalue weighted by molar-refractivity contribution is 5.88. The molecule has 0 unspecified atom stereocenters. The summed E-state index contributed by atoms with van der Waals surface area (Å²) in [6.45, 7) is 4.11. The lowest BCUT2D eigenvalue weighted by Gasteiger charge is -2.01. The predicted octanol–water partition coefficient (Wildman–Crippen LogP) is 5.71. The van der Waals surface area contributed by atoms with Gasteiger partial charge in [-0.25, -0.2) is 0 Å². The first-order chi connectivity index (χ1) is 11.5. The van der Waals surface area contributed by atoms with Gasteiger partial charge in [-0.1, -0.05) is 60.2 Å². The number of hydrogen-bond donors (Lipinski definition) is 2. The molecule has 120 valence electrons. The molecular formula is C22H20O2. The normalized spacial score (nSPS) is 10.4. The third-order valence-corrected chi connectivity index (χ3v) is 4.09. The Kier molecular flexibility index (Phi) is 4.39. The van der Waals surface area contributed by atoms with Crippen LogP contribution in [-0.2, 0) is 0 Å². The van der Waals surface area contributed by atoms with Gasteiger partial charge in [-0.2, -0.15) is 0 Å². The van der Waals surface area contributed by atoms with E-state index >= 15 is 0 Å². The van der Waals surface area contributed by atoms with E-state index in [4.69, 9.17) is 0 Å². The van der Waals surface area contributed by atoms with Crippen molar-refractivity contribution in [1.29, 1.82) is 0 Å². The van der Waals surface area contributed by atoms with E-state index in [1.807, 2.05) is 49.4 Å². The molecule has 4 aromatic carbocycles. The summed E-state index contributed by atoms with van der Waals surface area (Å²) in [6, 6.07) is 23.1. The van der Waals surface area contributed by atoms with E-state index in [0.717, 1.165) is 16.2 Å². The van der Waals surface area contributed by atoms with Gasteiger partial charge in [-0.15, -0.1) is 0 Å². The van der Waals surface area contributed by atoms with Crippen molar-refractivity contribution in [2.45, 2.75) is 13.8 Å². The molecule has 0 radical (unpaired) electrons. The maximum atomic E-state index is 9.46. The first kappa shape index (κ1) is 15.9. The Balaban J connectivity index is 0.000000141. The van der Waals surface area contributed by atoms with Crippen molar-refractivity contribution < 1.29 is 10.2 Å². The molecule has 0 atom stereocenters. The van der Waals surface area contributed by atoms with Gasteiger partial charge in [-0.3, -0.25) is 0 Å². The summed E-state index contributed by atoms with van der Waals surface area (Å²) in [6.07, 6.45) is 0. The number of rotatable bonds is 0. The molecule has 2 heteroatoms. The Morgan fingerprint density at radius 2 is 1.29 bits per heavy atom. The Bertz CT molecular complexity index is 920. The number of phenols is 2. The molecule has 0 bridgehead atoms. The molecule has 4 rings (SSSR count). The van der Waals surface area contributed by atoms with Crippen molar-refractivity contribution in [2.75, 3.05) is 0 Å². The van der Waals surface area contributed by atoms with Crippen molar-refractivity contribution in [1.82, 2.24) is 0 Å². The number of hydrogen-bond acceptors (Lipinski definition) is 2. The molecule has 2 nitrogen and oxygen atoms in total. The SMILES string of the molecule is Cc1ccc2c(O)cccc2c1.Cc1cccc2cc(O)ccc12. The van der Waals surface area contributed by atoms with Crippen molar-refractivity contribution in [2.24, 2.45) is 0 Å². The predicted molar refractivity (Wildman–Crippen MR) is 101 cm³/mol. The minimum absolute atomic E-state index is 0.327. The van der Waals surface area contributed by atoms with Crippen LogP contribution in [-0.4, -0.2) is 10.2 Å². The van der Waals surface area contributed by atoms with Crippen LogP contribution in [0.25, 0.3) is 21.5 Å². The summed E-state index contributed by atoms with van der Waals surface area (Å²) in [5.41, 5.74) is 2.46. The standard InChI is InChI=1S/2C11H10O/c1-8-5-6-10-9(7-8)3-2-4-11(10)12;1-8-3-2-4-9-7-10(12)5-6-11(8)9/h2*2-7,12H,1H3. The van der Waals surface area contributed by atoms with Crippen LogP contribution in [0.4, 0.5) is 0 Å². The highest BCUT2D eigenvalue weighted by atomic mass is 16.3. The number of phenolic OH excluding ortho intramolecular Hbond substituents is 2. The van der Waals surface area contributed by atoms with Crippen molar-refractivity contribution in [3.8, 4) is 11.5 Å². The lowest BCUT2D eigenvalue weighted by atomic mass is 10.1. The Labute approximate surface area is 141 Å². The molecule has 0 aliphatic heterocycles. The third kappa shape index (κ3) is 3.33. The molecule has 0 saturated carbocycles. The second-order valence-electron chi connectivity index (χ2n) is 5.98. The molecule has 0 fully saturated rings. The van der Waals surface area contributed by atoms with Gasteiger partial charge < -0.3 is 10.2 Å². The van der Waals surface area contributed by atoms with Gasteiger partial charge in [0.25, 0.3) is 0 Å². The fourth-order valence-electron chi connectivity index (χ4n) is 2.82. The topological polar surface area (TPSA) is 40.5 Å². The van der Waals surface area contributed by atoms with Crippen LogP contribution in [0.15, 0.2) is 72.8 Å². The zero-order valence-corrected chi connectivity index (χ0v) is 13.8. The molecule has 2 N–H and O–H groups in total. The first-order valence-electron chi connectivity index (χ1n) is 7.91. The number of aromatic hydroxyl groups is 2. The van der Waals surface area contributed by atoms with Crippen LogP contribution in [0, 0.1) is 13.8 Å². The quantitative estimate of drug-likeness (QED) is 0.436. The van der Waals surface area contributed by atoms with Gasteiger partial charge in [0.1, 0.15) is 11.5 Å². The monoisotopic (exact) mass is 316 g/mol. The molecule has 0 heterocycles. The molecule has 0 aromatic heterocycles. The summed E-state index contributed by atoms with van der Waals surface area (Å²) in [4.78, 5) is 0. The minimum atomic E-state index is 0.327. The van der Waals surface area contributed by atoms with E-state index in [1.165, 1.54) is 16.5 Å². The number of aryl methyl sites for hydroxylation is 2. The molecule has 0 spiro atoms. The Hall–Kier alpha value is -3.00.